The van der Waals surface area contributed by atoms with Crippen LogP contribution in [0.3, 0.4) is 0 Å². The summed E-state index contributed by atoms with van der Waals surface area (Å²) in [4.78, 5) is 11.7. The van der Waals surface area contributed by atoms with Crippen molar-refractivity contribution in [1.29, 1.82) is 0 Å². The van der Waals surface area contributed by atoms with E-state index in [1.165, 1.54) is 6.07 Å². The number of nitrogen functional groups attached to an aromatic ring is 1. The topological polar surface area (TPSA) is 89.3 Å². The number of nitrogens with two attached hydrogens (primary N) is 1. The van der Waals surface area contributed by atoms with Crippen LogP contribution in [0.1, 0.15) is 20.3 Å². The number of sulfone groups is 1. The van der Waals surface area contributed by atoms with Crippen LogP contribution in [0.5, 0.6) is 0 Å². The van der Waals surface area contributed by atoms with Gasteiger partial charge in [0.25, 0.3) is 0 Å². The Morgan fingerprint density at radius 1 is 1.40 bits per heavy atom. The van der Waals surface area contributed by atoms with Crippen LogP contribution < -0.4 is 11.1 Å². The minimum atomic E-state index is -3.41. The molecule has 3 N–H and O–H groups in total. The first kappa shape index (κ1) is 16.8. The number of benzene rings is 1. The predicted octanol–water partition coefficient (Wildman–Crippen LogP) is 2.32. The molecule has 0 saturated carbocycles. The fraction of sp³-hybridized carbons (Fsp3) is 0.462. The van der Waals surface area contributed by atoms with Crippen LogP contribution in [-0.2, 0) is 14.6 Å². The van der Waals surface area contributed by atoms with Gasteiger partial charge in [-0.05, 0) is 30.5 Å². The molecular formula is C13H19ClN2O3S. The van der Waals surface area contributed by atoms with Gasteiger partial charge in [0.2, 0.25) is 5.91 Å². The van der Waals surface area contributed by atoms with Gasteiger partial charge in [0, 0.05) is 5.69 Å². The van der Waals surface area contributed by atoms with E-state index in [4.69, 9.17) is 17.3 Å². The zero-order valence-corrected chi connectivity index (χ0v) is 13.1. The third-order valence-electron chi connectivity index (χ3n) is 2.62. The Balaban J connectivity index is 2.66. The largest absolute Gasteiger partial charge is 0.399 e. The molecule has 1 aromatic carbocycles. The molecule has 0 saturated heterocycles. The number of anilines is 2. The predicted molar refractivity (Wildman–Crippen MR) is 82.6 cm³/mol. The maximum atomic E-state index is 11.8. The van der Waals surface area contributed by atoms with Crippen LogP contribution in [0.25, 0.3) is 0 Å². The van der Waals surface area contributed by atoms with Gasteiger partial charge >= 0.3 is 0 Å². The fourth-order valence-electron chi connectivity index (χ4n) is 1.51. The Labute approximate surface area is 124 Å². The van der Waals surface area contributed by atoms with Gasteiger partial charge in [-0.2, -0.15) is 0 Å². The number of carbonyl (C=O) groups excluding carboxylic acids is 1. The molecule has 0 unspecified atom stereocenters. The molecule has 0 bridgehead atoms. The molecule has 0 heterocycles. The first-order valence-corrected chi connectivity index (χ1v) is 8.45. The molecule has 0 aliphatic rings. The molecule has 0 fully saturated rings. The third-order valence-corrected chi connectivity index (χ3v) is 4.51. The van der Waals surface area contributed by atoms with Gasteiger partial charge in [-0.3, -0.25) is 4.79 Å². The average Bonchev–Trinajstić information content (AvgIpc) is 2.31. The molecular weight excluding hydrogens is 300 g/mol. The minimum Gasteiger partial charge on any atom is -0.399 e. The molecule has 20 heavy (non-hydrogen) atoms. The molecule has 0 atom stereocenters. The van der Waals surface area contributed by atoms with Crippen molar-refractivity contribution in [3.63, 3.8) is 0 Å². The second-order valence-electron chi connectivity index (χ2n) is 5.06. The van der Waals surface area contributed by atoms with Crippen molar-refractivity contribution in [1.82, 2.24) is 0 Å². The van der Waals surface area contributed by atoms with Gasteiger partial charge in [-0.1, -0.05) is 25.4 Å². The second kappa shape index (κ2) is 6.95. The summed E-state index contributed by atoms with van der Waals surface area (Å²) < 4.78 is 23.5. The molecule has 1 rings (SSSR count). The Morgan fingerprint density at radius 2 is 2.05 bits per heavy atom. The van der Waals surface area contributed by atoms with Crippen LogP contribution in [0.2, 0.25) is 5.02 Å². The van der Waals surface area contributed by atoms with Gasteiger partial charge in [-0.15, -0.1) is 0 Å². The molecule has 0 aromatic heterocycles. The summed E-state index contributed by atoms with van der Waals surface area (Å²) >= 11 is 5.89. The summed E-state index contributed by atoms with van der Waals surface area (Å²) in [7, 11) is -3.41. The van der Waals surface area contributed by atoms with E-state index in [0.717, 1.165) is 0 Å². The summed E-state index contributed by atoms with van der Waals surface area (Å²) in [5, 5.41) is 2.78. The number of rotatable bonds is 6. The smallest absolute Gasteiger partial charge is 0.239 e. The SMILES string of the molecule is CC(C)CCS(=O)(=O)CC(=O)Nc1cc(N)ccc1Cl. The Bertz CT molecular complexity index is 585. The molecule has 0 radical (unpaired) electrons. The number of carbonyl (C=O) groups is 1. The van der Waals surface area contributed by atoms with Crippen molar-refractivity contribution in [2.75, 3.05) is 22.6 Å². The lowest BCUT2D eigenvalue weighted by Gasteiger charge is -2.09. The van der Waals surface area contributed by atoms with E-state index in [1.807, 2.05) is 13.8 Å². The van der Waals surface area contributed by atoms with Crippen LogP contribution in [0, 0.1) is 5.92 Å². The molecule has 5 nitrogen and oxygen atoms in total. The van der Waals surface area contributed by atoms with Crippen LogP contribution in [-0.4, -0.2) is 25.8 Å². The van der Waals surface area contributed by atoms with Gasteiger partial charge in [-0.25, -0.2) is 8.42 Å². The highest BCUT2D eigenvalue weighted by Gasteiger charge is 2.18. The first-order chi connectivity index (χ1) is 9.19. The number of hydrogen-bond acceptors (Lipinski definition) is 4. The van der Waals surface area contributed by atoms with Crippen LogP contribution in [0.4, 0.5) is 11.4 Å². The molecule has 7 heteroatoms. The van der Waals surface area contributed by atoms with E-state index in [-0.39, 0.29) is 11.7 Å². The quantitative estimate of drug-likeness (QED) is 0.788. The normalized spacial score (nSPS) is 11.6. The molecule has 112 valence electrons. The van der Waals surface area contributed by atoms with Crippen molar-refractivity contribution >= 4 is 38.7 Å². The summed E-state index contributed by atoms with van der Waals surface area (Å²) in [5.74, 6) is -0.884. The van der Waals surface area contributed by atoms with Gasteiger partial charge in [0.15, 0.2) is 9.84 Å². The zero-order chi connectivity index (χ0) is 15.3. The zero-order valence-electron chi connectivity index (χ0n) is 11.5. The van der Waals surface area contributed by atoms with E-state index < -0.39 is 21.5 Å². The van der Waals surface area contributed by atoms with E-state index in [9.17, 15) is 13.2 Å². The summed E-state index contributed by atoms with van der Waals surface area (Å²) in [6.45, 7) is 3.87. The Hall–Kier alpha value is -1.27. The number of nitrogens with one attached hydrogen (secondary N) is 1. The summed E-state index contributed by atoms with van der Waals surface area (Å²) in [6, 6.07) is 4.62. The highest BCUT2D eigenvalue weighted by Crippen LogP contribution is 2.24. The maximum Gasteiger partial charge on any atom is 0.239 e. The number of hydrogen-bond donors (Lipinski definition) is 2. The highest BCUT2D eigenvalue weighted by molar-refractivity contribution is 7.92. The van der Waals surface area contributed by atoms with Crippen molar-refractivity contribution < 1.29 is 13.2 Å². The van der Waals surface area contributed by atoms with E-state index in [0.29, 0.717) is 22.8 Å². The second-order valence-corrected chi connectivity index (χ2v) is 7.65. The van der Waals surface area contributed by atoms with Gasteiger partial charge in [0.05, 0.1) is 16.5 Å². The standard InChI is InChI=1S/C13H19ClN2O3S/c1-9(2)5-6-20(18,19)8-13(17)16-12-7-10(15)3-4-11(12)14/h3-4,7,9H,5-6,8,15H2,1-2H3,(H,16,17). The lowest BCUT2D eigenvalue weighted by atomic mass is 10.2. The van der Waals surface area contributed by atoms with Crippen LogP contribution in [0.15, 0.2) is 18.2 Å². The summed E-state index contributed by atoms with van der Waals surface area (Å²) in [5.41, 5.74) is 6.34. The highest BCUT2D eigenvalue weighted by atomic mass is 35.5. The number of halogens is 1. The monoisotopic (exact) mass is 318 g/mol. The van der Waals surface area contributed by atoms with Gasteiger partial charge in [0.1, 0.15) is 5.75 Å². The molecule has 0 aliphatic heterocycles. The lowest BCUT2D eigenvalue weighted by Crippen LogP contribution is -2.25. The van der Waals surface area contributed by atoms with Gasteiger partial charge < -0.3 is 11.1 Å². The molecule has 0 spiro atoms. The molecule has 0 aliphatic carbocycles. The van der Waals surface area contributed by atoms with Crippen LogP contribution >= 0.6 is 11.6 Å². The Morgan fingerprint density at radius 3 is 2.65 bits per heavy atom. The van der Waals surface area contributed by atoms with E-state index >= 15 is 0 Å². The lowest BCUT2D eigenvalue weighted by molar-refractivity contribution is -0.113. The van der Waals surface area contributed by atoms with Crippen molar-refractivity contribution in [3.05, 3.63) is 23.2 Å². The number of amides is 1. The fourth-order valence-corrected chi connectivity index (χ4v) is 3.12. The maximum absolute atomic E-state index is 11.8. The average molecular weight is 319 g/mol. The van der Waals surface area contributed by atoms with Crippen molar-refractivity contribution in [2.45, 2.75) is 20.3 Å². The molecule has 1 aromatic rings. The first-order valence-electron chi connectivity index (χ1n) is 6.25. The minimum absolute atomic E-state index is 0.00273. The van der Waals surface area contributed by atoms with Crippen molar-refractivity contribution in [3.8, 4) is 0 Å². The van der Waals surface area contributed by atoms with E-state index in [1.54, 1.807) is 12.1 Å². The van der Waals surface area contributed by atoms with E-state index in [2.05, 4.69) is 5.32 Å². The third kappa shape index (κ3) is 5.79. The summed E-state index contributed by atoms with van der Waals surface area (Å²) in [6.07, 6.45) is 0.536. The Kier molecular flexibility index (Phi) is 5.83. The molecule has 1 amide bonds. The van der Waals surface area contributed by atoms with Crippen molar-refractivity contribution in [2.24, 2.45) is 5.92 Å².